The standard InChI is InChI=1S/C11H18F3N5/c1-3-4-19(7-11(12,13)14)6-10-16-8(2)5-9(17-10)18-15/h5H,3-4,6-7,15H2,1-2H3,(H,16,17,18). The summed E-state index contributed by atoms with van der Waals surface area (Å²) in [6.07, 6.45) is -3.60. The second-order valence-corrected chi connectivity index (χ2v) is 4.28. The van der Waals surface area contributed by atoms with Crippen LogP contribution in [0.1, 0.15) is 24.9 Å². The molecule has 3 N–H and O–H groups in total. The van der Waals surface area contributed by atoms with Gasteiger partial charge in [0.25, 0.3) is 0 Å². The molecule has 1 rings (SSSR count). The van der Waals surface area contributed by atoms with E-state index in [9.17, 15) is 13.2 Å². The number of hydrogen-bond donors (Lipinski definition) is 2. The number of halogens is 3. The summed E-state index contributed by atoms with van der Waals surface area (Å²) in [5.41, 5.74) is 3.02. The molecule has 0 aliphatic carbocycles. The lowest BCUT2D eigenvalue weighted by Gasteiger charge is -2.22. The molecule has 108 valence electrons. The fraction of sp³-hybridized carbons (Fsp3) is 0.636. The molecule has 0 fully saturated rings. The van der Waals surface area contributed by atoms with E-state index in [-0.39, 0.29) is 6.54 Å². The number of nitrogens with one attached hydrogen (secondary N) is 1. The van der Waals surface area contributed by atoms with E-state index in [0.717, 1.165) is 0 Å². The molecule has 0 bridgehead atoms. The zero-order valence-corrected chi connectivity index (χ0v) is 11.0. The van der Waals surface area contributed by atoms with Gasteiger partial charge in [-0.15, -0.1) is 0 Å². The maximum Gasteiger partial charge on any atom is 0.401 e. The van der Waals surface area contributed by atoms with Crippen molar-refractivity contribution in [1.82, 2.24) is 14.9 Å². The van der Waals surface area contributed by atoms with Crippen LogP contribution in [0.2, 0.25) is 0 Å². The Balaban J connectivity index is 2.80. The van der Waals surface area contributed by atoms with Gasteiger partial charge >= 0.3 is 6.18 Å². The third kappa shape index (κ3) is 5.84. The molecule has 1 heterocycles. The lowest BCUT2D eigenvalue weighted by molar-refractivity contribution is -0.147. The van der Waals surface area contributed by atoms with Gasteiger partial charge in [0.2, 0.25) is 0 Å². The molecule has 1 aromatic heterocycles. The van der Waals surface area contributed by atoms with Gasteiger partial charge in [-0.25, -0.2) is 15.8 Å². The van der Waals surface area contributed by atoms with Crippen molar-refractivity contribution in [2.45, 2.75) is 33.0 Å². The first kappa shape index (κ1) is 15.6. The minimum absolute atomic E-state index is 0.0453. The van der Waals surface area contributed by atoms with Crippen molar-refractivity contribution < 1.29 is 13.2 Å². The highest BCUT2D eigenvalue weighted by Crippen LogP contribution is 2.18. The van der Waals surface area contributed by atoms with Crippen LogP contribution in [0.25, 0.3) is 0 Å². The molecule has 5 nitrogen and oxygen atoms in total. The van der Waals surface area contributed by atoms with Crippen LogP contribution < -0.4 is 11.3 Å². The Hall–Kier alpha value is -1.41. The monoisotopic (exact) mass is 277 g/mol. The van der Waals surface area contributed by atoms with Gasteiger partial charge in [0, 0.05) is 11.8 Å². The average molecular weight is 277 g/mol. The van der Waals surface area contributed by atoms with E-state index in [0.29, 0.717) is 30.3 Å². The Bertz CT molecular complexity index is 408. The first-order valence-corrected chi connectivity index (χ1v) is 5.94. The molecule has 1 aromatic rings. The Labute approximate surface area is 110 Å². The summed E-state index contributed by atoms with van der Waals surface area (Å²) in [5.74, 6) is 5.96. The number of rotatable bonds is 6. The summed E-state index contributed by atoms with van der Waals surface area (Å²) < 4.78 is 37.3. The number of nitrogens with zero attached hydrogens (tertiary/aromatic N) is 3. The van der Waals surface area contributed by atoms with Crippen LogP contribution in [-0.4, -0.2) is 34.1 Å². The molecule has 8 heteroatoms. The summed E-state index contributed by atoms with van der Waals surface area (Å²) in [7, 11) is 0. The van der Waals surface area contributed by atoms with E-state index in [1.807, 2.05) is 6.92 Å². The van der Waals surface area contributed by atoms with Crippen molar-refractivity contribution in [3.05, 3.63) is 17.6 Å². The van der Waals surface area contributed by atoms with Gasteiger partial charge in [-0.2, -0.15) is 13.2 Å². The lowest BCUT2D eigenvalue weighted by atomic mass is 10.3. The molecule has 0 aromatic carbocycles. The molecule has 0 saturated heterocycles. The first-order chi connectivity index (χ1) is 8.84. The summed E-state index contributed by atoms with van der Waals surface area (Å²) in [4.78, 5) is 9.44. The second kappa shape index (κ2) is 6.67. The Morgan fingerprint density at radius 2 is 2.05 bits per heavy atom. The predicted molar refractivity (Wildman–Crippen MR) is 66.2 cm³/mol. The summed E-state index contributed by atoms with van der Waals surface area (Å²) in [6.45, 7) is 2.97. The normalized spacial score (nSPS) is 11.9. The highest BCUT2D eigenvalue weighted by molar-refractivity contribution is 5.33. The zero-order valence-electron chi connectivity index (χ0n) is 11.0. The van der Waals surface area contributed by atoms with Gasteiger partial charge in [-0.1, -0.05) is 6.92 Å². The molecule has 0 radical (unpaired) electrons. The molecule has 0 atom stereocenters. The first-order valence-electron chi connectivity index (χ1n) is 5.94. The van der Waals surface area contributed by atoms with Crippen LogP contribution in [-0.2, 0) is 6.54 Å². The topological polar surface area (TPSA) is 67.1 Å². The number of aromatic nitrogens is 2. The summed E-state index contributed by atoms with van der Waals surface area (Å²) in [5, 5.41) is 0. The van der Waals surface area contributed by atoms with E-state index in [4.69, 9.17) is 5.84 Å². The molecule has 0 spiro atoms. The number of alkyl halides is 3. The predicted octanol–water partition coefficient (Wildman–Crippen LogP) is 1.84. The fourth-order valence-electron chi connectivity index (χ4n) is 1.76. The fourth-order valence-corrected chi connectivity index (χ4v) is 1.76. The van der Waals surface area contributed by atoms with Crippen molar-refractivity contribution in [3.8, 4) is 0 Å². The summed E-state index contributed by atoms with van der Waals surface area (Å²) >= 11 is 0. The average Bonchev–Trinajstić information content (AvgIpc) is 2.26. The molecular weight excluding hydrogens is 259 g/mol. The van der Waals surface area contributed by atoms with Crippen LogP contribution in [0.5, 0.6) is 0 Å². The van der Waals surface area contributed by atoms with Gasteiger partial charge in [-0.3, -0.25) is 4.90 Å². The largest absolute Gasteiger partial charge is 0.401 e. The van der Waals surface area contributed by atoms with Crippen molar-refractivity contribution in [3.63, 3.8) is 0 Å². The molecule has 0 amide bonds. The molecule has 19 heavy (non-hydrogen) atoms. The minimum Gasteiger partial charge on any atom is -0.308 e. The Morgan fingerprint density at radius 3 is 2.58 bits per heavy atom. The summed E-state index contributed by atoms with van der Waals surface area (Å²) in [6, 6.07) is 1.62. The second-order valence-electron chi connectivity index (χ2n) is 4.28. The van der Waals surface area contributed by atoms with Gasteiger partial charge in [-0.05, 0) is 19.9 Å². The number of hydrogen-bond acceptors (Lipinski definition) is 5. The molecule has 0 aliphatic heterocycles. The minimum atomic E-state index is -4.23. The lowest BCUT2D eigenvalue weighted by Crippen LogP contribution is -2.35. The molecular formula is C11H18F3N5. The van der Waals surface area contributed by atoms with Gasteiger partial charge in [0.05, 0.1) is 13.1 Å². The van der Waals surface area contributed by atoms with Crippen LogP contribution in [0.4, 0.5) is 19.0 Å². The maximum atomic E-state index is 12.4. The number of nitrogens with two attached hydrogens (primary N) is 1. The smallest absolute Gasteiger partial charge is 0.308 e. The van der Waals surface area contributed by atoms with Crippen molar-refractivity contribution in [2.75, 3.05) is 18.5 Å². The van der Waals surface area contributed by atoms with Crippen LogP contribution in [0.15, 0.2) is 6.07 Å². The molecule has 0 saturated carbocycles. The number of anilines is 1. The number of nitrogen functional groups attached to an aromatic ring is 1. The van der Waals surface area contributed by atoms with E-state index < -0.39 is 12.7 Å². The highest BCUT2D eigenvalue weighted by atomic mass is 19.4. The van der Waals surface area contributed by atoms with E-state index in [1.165, 1.54) is 4.90 Å². The van der Waals surface area contributed by atoms with E-state index in [1.54, 1.807) is 13.0 Å². The van der Waals surface area contributed by atoms with Gasteiger partial charge < -0.3 is 5.43 Å². The van der Waals surface area contributed by atoms with Crippen molar-refractivity contribution >= 4 is 5.82 Å². The van der Waals surface area contributed by atoms with Gasteiger partial charge in [0.15, 0.2) is 0 Å². The number of hydrazine groups is 1. The van der Waals surface area contributed by atoms with Crippen molar-refractivity contribution in [1.29, 1.82) is 0 Å². The highest BCUT2D eigenvalue weighted by Gasteiger charge is 2.30. The van der Waals surface area contributed by atoms with E-state index >= 15 is 0 Å². The quantitative estimate of drug-likeness (QED) is 0.613. The Kier molecular flexibility index (Phi) is 5.49. The molecule has 0 unspecified atom stereocenters. The Morgan fingerprint density at radius 1 is 1.37 bits per heavy atom. The van der Waals surface area contributed by atoms with Crippen LogP contribution in [0.3, 0.4) is 0 Å². The van der Waals surface area contributed by atoms with Crippen molar-refractivity contribution in [2.24, 2.45) is 5.84 Å². The third-order valence-corrected chi connectivity index (χ3v) is 2.36. The van der Waals surface area contributed by atoms with Gasteiger partial charge in [0.1, 0.15) is 11.6 Å². The van der Waals surface area contributed by atoms with E-state index in [2.05, 4.69) is 15.4 Å². The third-order valence-electron chi connectivity index (χ3n) is 2.36. The molecule has 0 aliphatic rings. The zero-order chi connectivity index (χ0) is 14.5. The SMILES string of the molecule is CCCN(Cc1nc(C)cc(NN)n1)CC(F)(F)F. The maximum absolute atomic E-state index is 12.4. The van der Waals surface area contributed by atoms with Crippen LogP contribution in [0, 0.1) is 6.92 Å². The van der Waals surface area contributed by atoms with Crippen LogP contribution >= 0.6 is 0 Å². The number of aryl methyl sites for hydroxylation is 1.